The maximum Gasteiger partial charge on any atom is 0.0726 e. The first-order chi connectivity index (χ1) is 8.01. The molecule has 0 spiro atoms. The van der Waals surface area contributed by atoms with Crippen LogP contribution in [0.15, 0.2) is 22.7 Å². The molecule has 17 heavy (non-hydrogen) atoms. The summed E-state index contributed by atoms with van der Waals surface area (Å²) in [5.41, 5.74) is 2.69. The van der Waals surface area contributed by atoms with Gasteiger partial charge in [0.2, 0.25) is 0 Å². The summed E-state index contributed by atoms with van der Waals surface area (Å²) in [7, 11) is 0. The monoisotopic (exact) mass is 297 g/mol. The SMILES string of the molecule is Cc1ccc(CNC2(C)CCOC2C)c(Br)c1. The Hall–Kier alpha value is -0.380. The fourth-order valence-corrected chi connectivity index (χ4v) is 2.79. The third kappa shape index (κ3) is 2.90. The Labute approximate surface area is 112 Å². The molecule has 0 amide bonds. The molecular formula is C14H20BrNO. The maximum absolute atomic E-state index is 5.63. The Balaban J connectivity index is 2.02. The second-order valence-electron chi connectivity index (χ2n) is 5.13. The zero-order chi connectivity index (χ0) is 12.5. The second kappa shape index (κ2) is 5.09. The fraction of sp³-hybridized carbons (Fsp3) is 0.571. The minimum atomic E-state index is 0.102. The second-order valence-corrected chi connectivity index (χ2v) is 5.98. The summed E-state index contributed by atoms with van der Waals surface area (Å²) in [4.78, 5) is 0. The zero-order valence-corrected chi connectivity index (χ0v) is 12.3. The Bertz CT molecular complexity index is 407. The molecule has 1 aromatic rings. The first-order valence-corrected chi connectivity index (χ1v) is 6.92. The lowest BCUT2D eigenvalue weighted by Crippen LogP contribution is -2.47. The van der Waals surface area contributed by atoms with Crippen molar-refractivity contribution in [3.05, 3.63) is 33.8 Å². The summed E-state index contributed by atoms with van der Waals surface area (Å²) < 4.78 is 6.81. The van der Waals surface area contributed by atoms with Crippen LogP contribution in [0.4, 0.5) is 0 Å². The number of hydrogen-bond acceptors (Lipinski definition) is 2. The molecule has 94 valence electrons. The molecule has 1 aromatic carbocycles. The van der Waals surface area contributed by atoms with E-state index in [-0.39, 0.29) is 11.6 Å². The van der Waals surface area contributed by atoms with E-state index < -0.39 is 0 Å². The largest absolute Gasteiger partial charge is 0.377 e. The highest BCUT2D eigenvalue weighted by Crippen LogP contribution is 2.26. The number of ether oxygens (including phenoxy) is 1. The van der Waals surface area contributed by atoms with Gasteiger partial charge in [-0.05, 0) is 44.4 Å². The van der Waals surface area contributed by atoms with Crippen molar-refractivity contribution in [1.82, 2.24) is 5.32 Å². The average Bonchev–Trinajstić information content (AvgIpc) is 2.59. The molecule has 0 radical (unpaired) electrons. The lowest BCUT2D eigenvalue weighted by molar-refractivity contribution is 0.0881. The van der Waals surface area contributed by atoms with Gasteiger partial charge in [0.1, 0.15) is 0 Å². The fourth-order valence-electron chi connectivity index (χ4n) is 2.16. The molecule has 1 N–H and O–H groups in total. The predicted molar refractivity (Wildman–Crippen MR) is 74.2 cm³/mol. The van der Waals surface area contributed by atoms with Crippen LogP contribution in [0.1, 0.15) is 31.4 Å². The molecular weight excluding hydrogens is 278 g/mol. The number of halogens is 1. The van der Waals surface area contributed by atoms with Gasteiger partial charge in [0, 0.05) is 23.2 Å². The van der Waals surface area contributed by atoms with Crippen LogP contribution in [0.2, 0.25) is 0 Å². The molecule has 1 heterocycles. The highest BCUT2D eigenvalue weighted by molar-refractivity contribution is 9.10. The molecule has 2 atom stereocenters. The van der Waals surface area contributed by atoms with Crippen LogP contribution in [0, 0.1) is 6.92 Å². The number of benzene rings is 1. The van der Waals surface area contributed by atoms with E-state index >= 15 is 0 Å². The molecule has 0 bridgehead atoms. The van der Waals surface area contributed by atoms with Gasteiger partial charge in [-0.1, -0.05) is 28.1 Å². The van der Waals surface area contributed by atoms with Crippen LogP contribution in [-0.4, -0.2) is 18.2 Å². The number of hydrogen-bond donors (Lipinski definition) is 1. The van der Waals surface area contributed by atoms with Gasteiger partial charge in [-0.25, -0.2) is 0 Å². The van der Waals surface area contributed by atoms with Gasteiger partial charge in [-0.3, -0.25) is 0 Å². The van der Waals surface area contributed by atoms with Crippen molar-refractivity contribution >= 4 is 15.9 Å². The van der Waals surface area contributed by atoms with E-state index in [4.69, 9.17) is 4.74 Å². The van der Waals surface area contributed by atoms with Gasteiger partial charge < -0.3 is 10.1 Å². The number of aryl methyl sites for hydroxylation is 1. The van der Waals surface area contributed by atoms with E-state index in [0.29, 0.717) is 0 Å². The Kier molecular flexibility index (Phi) is 3.91. The lowest BCUT2D eigenvalue weighted by Gasteiger charge is -2.29. The molecule has 1 saturated heterocycles. The molecule has 2 nitrogen and oxygen atoms in total. The van der Waals surface area contributed by atoms with Crippen molar-refractivity contribution in [3.8, 4) is 0 Å². The van der Waals surface area contributed by atoms with Gasteiger partial charge >= 0.3 is 0 Å². The summed E-state index contributed by atoms with van der Waals surface area (Å²) in [5.74, 6) is 0. The van der Waals surface area contributed by atoms with E-state index in [1.807, 2.05) is 0 Å². The van der Waals surface area contributed by atoms with Crippen LogP contribution in [-0.2, 0) is 11.3 Å². The van der Waals surface area contributed by atoms with E-state index in [9.17, 15) is 0 Å². The Morgan fingerprint density at radius 3 is 2.88 bits per heavy atom. The van der Waals surface area contributed by atoms with E-state index in [1.54, 1.807) is 0 Å². The first kappa shape index (κ1) is 13.1. The highest BCUT2D eigenvalue weighted by atomic mass is 79.9. The maximum atomic E-state index is 5.63. The van der Waals surface area contributed by atoms with Gasteiger partial charge in [-0.15, -0.1) is 0 Å². The van der Waals surface area contributed by atoms with Crippen LogP contribution in [0.25, 0.3) is 0 Å². The lowest BCUT2D eigenvalue weighted by atomic mass is 9.94. The van der Waals surface area contributed by atoms with Crippen LogP contribution in [0.5, 0.6) is 0 Å². The van der Waals surface area contributed by atoms with E-state index in [0.717, 1.165) is 19.6 Å². The minimum Gasteiger partial charge on any atom is -0.377 e. The van der Waals surface area contributed by atoms with Crippen molar-refractivity contribution in [2.75, 3.05) is 6.61 Å². The van der Waals surface area contributed by atoms with Crippen LogP contribution >= 0.6 is 15.9 Å². The van der Waals surface area contributed by atoms with Crippen molar-refractivity contribution in [3.63, 3.8) is 0 Å². The van der Waals surface area contributed by atoms with Crippen molar-refractivity contribution in [1.29, 1.82) is 0 Å². The quantitative estimate of drug-likeness (QED) is 0.923. The van der Waals surface area contributed by atoms with Crippen molar-refractivity contribution in [2.45, 2.75) is 45.4 Å². The standard InChI is InChI=1S/C14H20BrNO/c1-10-4-5-12(13(15)8-10)9-16-14(3)6-7-17-11(14)2/h4-5,8,11,16H,6-7,9H2,1-3H3. The highest BCUT2D eigenvalue weighted by Gasteiger charge is 2.36. The third-order valence-electron chi connectivity index (χ3n) is 3.78. The summed E-state index contributed by atoms with van der Waals surface area (Å²) >= 11 is 3.62. The minimum absolute atomic E-state index is 0.102. The molecule has 0 saturated carbocycles. The molecule has 3 heteroatoms. The zero-order valence-electron chi connectivity index (χ0n) is 10.7. The molecule has 1 aliphatic rings. The Morgan fingerprint density at radius 2 is 2.29 bits per heavy atom. The predicted octanol–water partition coefficient (Wildman–Crippen LogP) is 3.41. The summed E-state index contributed by atoms with van der Waals surface area (Å²) in [6, 6.07) is 6.49. The van der Waals surface area contributed by atoms with Gasteiger partial charge in [0.25, 0.3) is 0 Å². The average molecular weight is 298 g/mol. The van der Waals surface area contributed by atoms with E-state index in [1.165, 1.54) is 15.6 Å². The summed E-state index contributed by atoms with van der Waals surface area (Å²) in [5, 5.41) is 3.63. The van der Waals surface area contributed by atoms with Crippen molar-refractivity contribution < 1.29 is 4.74 Å². The summed E-state index contributed by atoms with van der Waals surface area (Å²) in [6.45, 7) is 8.23. The molecule has 2 unspecified atom stereocenters. The molecule has 2 rings (SSSR count). The number of nitrogens with one attached hydrogen (secondary N) is 1. The van der Waals surface area contributed by atoms with Gasteiger partial charge in [0.15, 0.2) is 0 Å². The van der Waals surface area contributed by atoms with Crippen LogP contribution < -0.4 is 5.32 Å². The van der Waals surface area contributed by atoms with Gasteiger partial charge in [0.05, 0.1) is 6.10 Å². The molecule has 1 aliphatic heterocycles. The van der Waals surface area contributed by atoms with Crippen molar-refractivity contribution in [2.24, 2.45) is 0 Å². The first-order valence-electron chi connectivity index (χ1n) is 6.13. The topological polar surface area (TPSA) is 21.3 Å². The molecule has 1 fully saturated rings. The third-order valence-corrected chi connectivity index (χ3v) is 4.52. The normalized spacial score (nSPS) is 28.6. The Morgan fingerprint density at radius 1 is 1.53 bits per heavy atom. The molecule has 0 aromatic heterocycles. The summed E-state index contributed by atoms with van der Waals surface area (Å²) in [6.07, 6.45) is 1.37. The molecule has 0 aliphatic carbocycles. The number of rotatable bonds is 3. The van der Waals surface area contributed by atoms with Gasteiger partial charge in [-0.2, -0.15) is 0 Å². The van der Waals surface area contributed by atoms with E-state index in [2.05, 4.69) is 60.2 Å². The van der Waals surface area contributed by atoms with Crippen LogP contribution in [0.3, 0.4) is 0 Å². The smallest absolute Gasteiger partial charge is 0.0726 e.